The number of hydrogen-bond donors (Lipinski definition) is 2. The predicted molar refractivity (Wildman–Crippen MR) is 75.6 cm³/mol. The van der Waals surface area contributed by atoms with E-state index in [1.807, 2.05) is 6.92 Å². The van der Waals surface area contributed by atoms with Crippen LogP contribution in [0.2, 0.25) is 0 Å². The van der Waals surface area contributed by atoms with E-state index in [-0.39, 0.29) is 18.0 Å². The molecule has 2 unspecified atom stereocenters. The molecule has 20 heavy (non-hydrogen) atoms. The average Bonchev–Trinajstić information content (AvgIpc) is 2.99. The van der Waals surface area contributed by atoms with Crippen LogP contribution in [0.15, 0.2) is 5.51 Å². The molecule has 0 spiro atoms. The zero-order valence-electron chi connectivity index (χ0n) is 11.6. The molecule has 1 aliphatic rings. The zero-order valence-corrected chi connectivity index (χ0v) is 12.4. The van der Waals surface area contributed by atoms with Crippen LogP contribution < -0.4 is 5.32 Å². The number of aromatic nitrogens is 1. The Kier molecular flexibility index (Phi) is 4.59. The van der Waals surface area contributed by atoms with Gasteiger partial charge in [-0.1, -0.05) is 0 Å². The van der Waals surface area contributed by atoms with Crippen molar-refractivity contribution < 1.29 is 14.7 Å². The molecule has 0 bridgehead atoms. The number of carboxylic acids is 1. The fourth-order valence-corrected chi connectivity index (χ4v) is 3.22. The van der Waals surface area contributed by atoms with Gasteiger partial charge in [-0.25, -0.2) is 9.78 Å². The van der Waals surface area contributed by atoms with Crippen LogP contribution in [-0.2, 0) is 11.3 Å². The van der Waals surface area contributed by atoms with Crippen molar-refractivity contribution in [2.24, 2.45) is 5.92 Å². The lowest BCUT2D eigenvalue weighted by atomic mass is 10.1. The van der Waals surface area contributed by atoms with Crippen LogP contribution in [-0.4, -0.2) is 40.1 Å². The number of nitrogens with zero attached hydrogens (tertiary/aromatic N) is 2. The van der Waals surface area contributed by atoms with Crippen LogP contribution in [0, 0.1) is 12.8 Å². The van der Waals surface area contributed by atoms with Crippen LogP contribution in [0.25, 0.3) is 0 Å². The zero-order chi connectivity index (χ0) is 14.7. The fraction of sp³-hybridized carbons (Fsp3) is 0.615. The van der Waals surface area contributed by atoms with Crippen molar-refractivity contribution >= 4 is 23.3 Å². The number of carbonyl (C=O) groups excluding carboxylic acids is 1. The maximum absolute atomic E-state index is 12.1. The summed E-state index contributed by atoms with van der Waals surface area (Å²) in [6.07, 6.45) is 1.89. The van der Waals surface area contributed by atoms with E-state index in [0.29, 0.717) is 19.4 Å². The summed E-state index contributed by atoms with van der Waals surface area (Å²) in [7, 11) is 1.73. The SMILES string of the molecule is Cc1ncsc1CN(C)C(=O)NC1CCC(C(=O)O)C1. The van der Waals surface area contributed by atoms with Gasteiger partial charge in [0, 0.05) is 18.0 Å². The van der Waals surface area contributed by atoms with Gasteiger partial charge in [0.15, 0.2) is 0 Å². The van der Waals surface area contributed by atoms with E-state index >= 15 is 0 Å². The van der Waals surface area contributed by atoms with Crippen molar-refractivity contribution in [1.29, 1.82) is 0 Å². The van der Waals surface area contributed by atoms with Gasteiger partial charge in [-0.05, 0) is 26.2 Å². The van der Waals surface area contributed by atoms with Gasteiger partial charge >= 0.3 is 12.0 Å². The Morgan fingerprint density at radius 1 is 1.55 bits per heavy atom. The smallest absolute Gasteiger partial charge is 0.317 e. The lowest BCUT2D eigenvalue weighted by molar-refractivity contribution is -0.141. The van der Waals surface area contributed by atoms with Crippen LogP contribution in [0.3, 0.4) is 0 Å². The number of nitrogens with one attached hydrogen (secondary N) is 1. The third-order valence-corrected chi connectivity index (χ3v) is 4.60. The van der Waals surface area contributed by atoms with Gasteiger partial charge in [0.1, 0.15) is 0 Å². The predicted octanol–water partition coefficient (Wildman–Crippen LogP) is 1.85. The minimum Gasteiger partial charge on any atom is -0.481 e. The number of amides is 2. The molecule has 1 heterocycles. The lowest BCUT2D eigenvalue weighted by Crippen LogP contribution is -2.41. The first-order valence-corrected chi connectivity index (χ1v) is 7.48. The molecule has 7 heteroatoms. The average molecular weight is 297 g/mol. The molecule has 1 aliphatic carbocycles. The van der Waals surface area contributed by atoms with Crippen molar-refractivity contribution in [3.8, 4) is 0 Å². The van der Waals surface area contributed by atoms with Gasteiger partial charge in [-0.3, -0.25) is 4.79 Å². The van der Waals surface area contributed by atoms with Crippen LogP contribution >= 0.6 is 11.3 Å². The minimum absolute atomic E-state index is 0.0337. The molecule has 0 aromatic carbocycles. The van der Waals surface area contributed by atoms with Crippen LogP contribution in [0.1, 0.15) is 29.8 Å². The number of rotatable bonds is 4. The molecular formula is C13H19N3O3S. The van der Waals surface area contributed by atoms with Crippen LogP contribution in [0.4, 0.5) is 4.79 Å². The fourth-order valence-electron chi connectivity index (χ4n) is 2.39. The number of aryl methyl sites for hydroxylation is 1. The standard InChI is InChI=1S/C13H19N3O3S/c1-8-11(20-7-14-8)6-16(2)13(19)15-10-4-3-9(5-10)12(17)18/h7,9-10H,3-6H2,1-2H3,(H,15,19)(H,17,18). The topological polar surface area (TPSA) is 82.5 Å². The van der Waals surface area contributed by atoms with Gasteiger partial charge in [0.2, 0.25) is 0 Å². The highest BCUT2D eigenvalue weighted by Crippen LogP contribution is 2.25. The summed E-state index contributed by atoms with van der Waals surface area (Å²) in [5, 5.41) is 11.9. The molecule has 6 nitrogen and oxygen atoms in total. The normalized spacial score (nSPS) is 21.7. The molecule has 1 saturated carbocycles. The van der Waals surface area contributed by atoms with Crippen molar-refractivity contribution in [2.45, 2.75) is 38.8 Å². The molecular weight excluding hydrogens is 278 g/mol. The quantitative estimate of drug-likeness (QED) is 0.888. The van der Waals surface area contributed by atoms with E-state index < -0.39 is 5.97 Å². The Balaban J connectivity index is 1.83. The third-order valence-electron chi connectivity index (χ3n) is 3.68. The molecule has 1 aromatic heterocycles. The highest BCUT2D eigenvalue weighted by Gasteiger charge is 2.31. The largest absolute Gasteiger partial charge is 0.481 e. The van der Waals surface area contributed by atoms with Gasteiger partial charge < -0.3 is 15.3 Å². The van der Waals surface area contributed by atoms with Crippen molar-refractivity contribution in [3.05, 3.63) is 16.1 Å². The highest BCUT2D eigenvalue weighted by atomic mass is 32.1. The van der Waals surface area contributed by atoms with E-state index in [2.05, 4.69) is 10.3 Å². The first kappa shape index (κ1) is 14.8. The first-order chi connectivity index (χ1) is 9.47. The van der Waals surface area contributed by atoms with Crippen molar-refractivity contribution in [1.82, 2.24) is 15.2 Å². The highest BCUT2D eigenvalue weighted by molar-refractivity contribution is 7.09. The van der Waals surface area contributed by atoms with Gasteiger partial charge in [0.05, 0.1) is 23.7 Å². The first-order valence-electron chi connectivity index (χ1n) is 6.60. The minimum atomic E-state index is -0.768. The number of thiazole rings is 1. The van der Waals surface area contributed by atoms with E-state index in [1.165, 1.54) is 11.3 Å². The Morgan fingerprint density at radius 3 is 2.85 bits per heavy atom. The van der Waals surface area contributed by atoms with Crippen LogP contribution in [0.5, 0.6) is 0 Å². The summed E-state index contributed by atoms with van der Waals surface area (Å²) in [5.41, 5.74) is 2.71. The molecule has 1 aromatic rings. The van der Waals surface area contributed by atoms with Crippen molar-refractivity contribution in [2.75, 3.05) is 7.05 Å². The van der Waals surface area contributed by atoms with Gasteiger partial charge in [-0.15, -0.1) is 11.3 Å². The summed E-state index contributed by atoms with van der Waals surface area (Å²) in [6, 6.07) is -0.192. The number of urea groups is 1. The van der Waals surface area contributed by atoms with E-state index in [9.17, 15) is 9.59 Å². The summed E-state index contributed by atoms with van der Waals surface area (Å²) < 4.78 is 0. The molecule has 2 atom stereocenters. The summed E-state index contributed by atoms with van der Waals surface area (Å²) >= 11 is 1.53. The van der Waals surface area contributed by atoms with Crippen molar-refractivity contribution in [3.63, 3.8) is 0 Å². The third kappa shape index (κ3) is 3.47. The Bertz CT molecular complexity index is 503. The Morgan fingerprint density at radius 2 is 2.30 bits per heavy atom. The molecule has 0 radical (unpaired) electrons. The summed E-state index contributed by atoms with van der Waals surface area (Å²) in [4.78, 5) is 29.8. The molecule has 0 aliphatic heterocycles. The second kappa shape index (κ2) is 6.21. The molecule has 110 valence electrons. The number of carbonyl (C=O) groups is 2. The second-order valence-electron chi connectivity index (χ2n) is 5.21. The van der Waals surface area contributed by atoms with E-state index in [1.54, 1.807) is 17.5 Å². The van der Waals surface area contributed by atoms with E-state index in [0.717, 1.165) is 17.0 Å². The number of hydrogen-bond acceptors (Lipinski definition) is 4. The number of carboxylic acid groups (broad SMARTS) is 1. The summed E-state index contributed by atoms with van der Waals surface area (Å²) in [6.45, 7) is 2.45. The van der Waals surface area contributed by atoms with Gasteiger partial charge in [0.25, 0.3) is 0 Å². The molecule has 1 fully saturated rings. The number of aliphatic carboxylic acids is 1. The lowest BCUT2D eigenvalue weighted by Gasteiger charge is -2.20. The maximum atomic E-state index is 12.1. The molecule has 2 amide bonds. The molecule has 2 N–H and O–H groups in total. The Labute approximate surface area is 121 Å². The van der Waals surface area contributed by atoms with Gasteiger partial charge in [-0.2, -0.15) is 0 Å². The maximum Gasteiger partial charge on any atom is 0.317 e. The second-order valence-corrected chi connectivity index (χ2v) is 6.15. The molecule has 0 saturated heterocycles. The van der Waals surface area contributed by atoms with E-state index in [4.69, 9.17) is 5.11 Å². The molecule has 2 rings (SSSR count). The Hall–Kier alpha value is -1.63. The monoisotopic (exact) mass is 297 g/mol. The summed E-state index contributed by atoms with van der Waals surface area (Å²) in [5.74, 6) is -1.09.